The fraction of sp³-hybridized carbons (Fsp3) is 0.250. The zero-order chi connectivity index (χ0) is 25.8. The summed E-state index contributed by atoms with van der Waals surface area (Å²) in [5.41, 5.74) is 3.45. The molecular weight excluding hydrogens is 461 g/mol. The van der Waals surface area contributed by atoms with Crippen molar-refractivity contribution in [3.63, 3.8) is 0 Å². The predicted octanol–water partition coefficient (Wildman–Crippen LogP) is 4.97. The van der Waals surface area contributed by atoms with Crippen LogP contribution in [0.2, 0.25) is 0 Å². The molecule has 0 aliphatic carbocycles. The highest BCUT2D eigenvalue weighted by Gasteiger charge is 2.47. The molecule has 3 aromatic carbocycles. The zero-order valence-electron chi connectivity index (χ0n) is 20.3. The number of ether oxygens (including phenoxy) is 1. The summed E-state index contributed by atoms with van der Waals surface area (Å²) in [4.78, 5) is 39.8. The van der Waals surface area contributed by atoms with Crippen LogP contribution in [-0.2, 0) is 16.1 Å². The van der Waals surface area contributed by atoms with Gasteiger partial charge < -0.3 is 15.4 Å². The minimum Gasteiger partial charge on any atom is -0.438 e. The van der Waals surface area contributed by atoms with Crippen LogP contribution in [0.4, 0.5) is 14.9 Å². The molecule has 36 heavy (non-hydrogen) atoms. The SMILES string of the molecule is Cc1ccc(C(=O)Nc2ccc([C@@H]3OC(=O)N(Cc4ccc(F)cc4)[C@H]3C(=O)NC(C)C)cc2)cc1. The summed E-state index contributed by atoms with van der Waals surface area (Å²) in [5.74, 6) is -0.973. The molecule has 2 atom stereocenters. The minimum atomic E-state index is -0.919. The Morgan fingerprint density at radius 3 is 2.22 bits per heavy atom. The summed E-state index contributed by atoms with van der Waals surface area (Å²) in [6.45, 7) is 5.71. The van der Waals surface area contributed by atoms with E-state index in [9.17, 15) is 18.8 Å². The standard InChI is InChI=1S/C28H28FN3O4/c1-17(2)30-27(34)24-25(36-28(35)32(24)16-19-6-12-22(29)13-7-19)20-10-14-23(15-11-20)31-26(33)21-8-4-18(3)5-9-21/h4-15,17,24-25H,16H2,1-3H3,(H,30,34)(H,31,33)/t24-,25+/m1/s1. The normalized spacial score (nSPS) is 17.1. The van der Waals surface area contributed by atoms with Crippen molar-refractivity contribution < 1.29 is 23.5 Å². The number of hydrogen-bond donors (Lipinski definition) is 2. The van der Waals surface area contributed by atoms with Crippen LogP contribution >= 0.6 is 0 Å². The maximum atomic E-state index is 13.3. The van der Waals surface area contributed by atoms with Gasteiger partial charge in [0, 0.05) is 17.3 Å². The second-order valence-electron chi connectivity index (χ2n) is 9.11. The summed E-state index contributed by atoms with van der Waals surface area (Å²) in [6.07, 6.45) is -1.48. The Morgan fingerprint density at radius 1 is 0.972 bits per heavy atom. The molecule has 0 radical (unpaired) electrons. The second kappa shape index (κ2) is 10.6. The molecule has 0 bridgehead atoms. The van der Waals surface area contributed by atoms with E-state index < -0.39 is 18.2 Å². The highest BCUT2D eigenvalue weighted by molar-refractivity contribution is 6.04. The Labute approximate surface area is 209 Å². The Morgan fingerprint density at radius 2 is 1.61 bits per heavy atom. The van der Waals surface area contributed by atoms with Crippen molar-refractivity contribution in [2.24, 2.45) is 0 Å². The van der Waals surface area contributed by atoms with Crippen molar-refractivity contribution in [3.8, 4) is 0 Å². The van der Waals surface area contributed by atoms with Gasteiger partial charge in [-0.05, 0) is 68.3 Å². The Balaban J connectivity index is 1.54. The number of halogens is 1. The maximum Gasteiger partial charge on any atom is 0.411 e. The van der Waals surface area contributed by atoms with E-state index in [-0.39, 0.29) is 30.2 Å². The van der Waals surface area contributed by atoms with Crippen molar-refractivity contribution in [2.75, 3.05) is 5.32 Å². The number of cyclic esters (lactones) is 1. The number of nitrogens with one attached hydrogen (secondary N) is 2. The molecule has 7 nitrogen and oxygen atoms in total. The van der Waals surface area contributed by atoms with Crippen LogP contribution in [0.5, 0.6) is 0 Å². The summed E-state index contributed by atoms with van der Waals surface area (Å²) in [7, 11) is 0. The fourth-order valence-electron chi connectivity index (χ4n) is 4.03. The first-order chi connectivity index (χ1) is 17.2. The summed E-state index contributed by atoms with van der Waals surface area (Å²) < 4.78 is 19.0. The lowest BCUT2D eigenvalue weighted by Crippen LogP contribution is -2.48. The smallest absolute Gasteiger partial charge is 0.411 e. The monoisotopic (exact) mass is 489 g/mol. The van der Waals surface area contributed by atoms with Gasteiger partial charge in [-0.25, -0.2) is 9.18 Å². The Kier molecular flexibility index (Phi) is 7.33. The van der Waals surface area contributed by atoms with Gasteiger partial charge in [-0.2, -0.15) is 0 Å². The van der Waals surface area contributed by atoms with E-state index >= 15 is 0 Å². The molecule has 0 unspecified atom stereocenters. The molecule has 4 rings (SSSR count). The number of hydrogen-bond acceptors (Lipinski definition) is 4. The number of anilines is 1. The van der Waals surface area contributed by atoms with E-state index in [0.717, 1.165) is 5.56 Å². The largest absolute Gasteiger partial charge is 0.438 e. The van der Waals surface area contributed by atoms with E-state index in [1.165, 1.54) is 17.0 Å². The summed E-state index contributed by atoms with van der Waals surface area (Å²) in [6, 6.07) is 18.8. The minimum absolute atomic E-state index is 0.0937. The Hall–Kier alpha value is -4.20. The molecule has 0 saturated carbocycles. The van der Waals surface area contributed by atoms with Gasteiger partial charge >= 0.3 is 6.09 Å². The third-order valence-corrected chi connectivity index (χ3v) is 5.86. The number of benzene rings is 3. The van der Waals surface area contributed by atoms with Gasteiger partial charge in [-0.15, -0.1) is 0 Å². The lowest BCUT2D eigenvalue weighted by Gasteiger charge is -2.25. The fourth-order valence-corrected chi connectivity index (χ4v) is 4.03. The average molecular weight is 490 g/mol. The molecule has 1 fully saturated rings. The van der Waals surface area contributed by atoms with Crippen molar-refractivity contribution in [1.29, 1.82) is 0 Å². The van der Waals surface area contributed by atoms with Crippen LogP contribution < -0.4 is 10.6 Å². The number of nitrogens with zero attached hydrogens (tertiary/aromatic N) is 1. The van der Waals surface area contributed by atoms with E-state index in [1.54, 1.807) is 48.5 Å². The third kappa shape index (κ3) is 5.71. The first-order valence-electron chi connectivity index (χ1n) is 11.7. The molecule has 1 heterocycles. The highest BCUT2D eigenvalue weighted by Crippen LogP contribution is 2.34. The summed E-state index contributed by atoms with van der Waals surface area (Å²) >= 11 is 0. The number of carbonyl (C=O) groups is 3. The number of aryl methyl sites for hydroxylation is 1. The van der Waals surface area contributed by atoms with E-state index in [4.69, 9.17) is 4.74 Å². The van der Waals surface area contributed by atoms with Crippen LogP contribution in [0.25, 0.3) is 0 Å². The van der Waals surface area contributed by atoms with Gasteiger partial charge in [0.05, 0.1) is 6.54 Å². The van der Waals surface area contributed by atoms with Gasteiger partial charge in [0.1, 0.15) is 5.82 Å². The van der Waals surface area contributed by atoms with E-state index in [1.807, 2.05) is 32.9 Å². The quantitative estimate of drug-likeness (QED) is 0.490. The van der Waals surface area contributed by atoms with Crippen LogP contribution in [0.3, 0.4) is 0 Å². The van der Waals surface area contributed by atoms with Crippen LogP contribution in [0, 0.1) is 12.7 Å². The van der Waals surface area contributed by atoms with Crippen molar-refractivity contribution >= 4 is 23.6 Å². The second-order valence-corrected chi connectivity index (χ2v) is 9.11. The molecule has 3 aromatic rings. The lowest BCUT2D eigenvalue weighted by atomic mass is 10.00. The van der Waals surface area contributed by atoms with Gasteiger partial charge in [0.25, 0.3) is 5.91 Å². The molecule has 0 spiro atoms. The molecule has 1 aliphatic rings. The van der Waals surface area contributed by atoms with Crippen molar-refractivity contribution in [2.45, 2.75) is 45.5 Å². The molecular formula is C28H28FN3O4. The Bertz CT molecular complexity index is 1240. The molecule has 1 aliphatic heterocycles. The van der Waals surface area contributed by atoms with Crippen molar-refractivity contribution in [3.05, 3.63) is 101 Å². The van der Waals surface area contributed by atoms with Crippen LogP contribution in [0.15, 0.2) is 72.8 Å². The van der Waals surface area contributed by atoms with Crippen molar-refractivity contribution in [1.82, 2.24) is 10.2 Å². The van der Waals surface area contributed by atoms with Gasteiger partial charge in [0.15, 0.2) is 12.1 Å². The topological polar surface area (TPSA) is 87.7 Å². The molecule has 1 saturated heterocycles. The molecule has 186 valence electrons. The first kappa shape index (κ1) is 24.9. The molecule has 2 N–H and O–H groups in total. The maximum absolute atomic E-state index is 13.3. The highest BCUT2D eigenvalue weighted by atomic mass is 19.1. The van der Waals surface area contributed by atoms with E-state index in [0.29, 0.717) is 22.4 Å². The molecule has 3 amide bonds. The first-order valence-corrected chi connectivity index (χ1v) is 11.7. The number of rotatable bonds is 7. The van der Waals surface area contributed by atoms with Crippen LogP contribution in [0.1, 0.15) is 47.0 Å². The average Bonchev–Trinajstić information content (AvgIpc) is 3.17. The van der Waals surface area contributed by atoms with Gasteiger partial charge in [0.2, 0.25) is 5.91 Å². The number of amides is 3. The van der Waals surface area contributed by atoms with E-state index in [2.05, 4.69) is 10.6 Å². The zero-order valence-corrected chi connectivity index (χ0v) is 20.3. The molecule has 8 heteroatoms. The number of carbonyl (C=O) groups excluding carboxylic acids is 3. The predicted molar refractivity (Wildman–Crippen MR) is 134 cm³/mol. The lowest BCUT2D eigenvalue weighted by molar-refractivity contribution is -0.126. The van der Waals surface area contributed by atoms with Crippen LogP contribution in [-0.4, -0.2) is 34.9 Å². The third-order valence-electron chi connectivity index (χ3n) is 5.86. The van der Waals surface area contributed by atoms with Gasteiger partial charge in [-0.1, -0.05) is 42.0 Å². The van der Waals surface area contributed by atoms with Gasteiger partial charge in [-0.3, -0.25) is 14.5 Å². The molecule has 0 aromatic heterocycles. The summed E-state index contributed by atoms with van der Waals surface area (Å²) in [5, 5.41) is 5.70.